The molecule has 0 aliphatic heterocycles. The van der Waals surface area contributed by atoms with Crippen LogP contribution in [0.5, 0.6) is 11.5 Å². The van der Waals surface area contributed by atoms with Crippen LogP contribution >= 0.6 is 0 Å². The number of hydrogen-bond donors (Lipinski definition) is 5. The number of phenols is 2. The first-order valence-corrected chi connectivity index (χ1v) is 5.60. The SMILES string of the molecule is CCC(c1cccc(O)c1O)C(C)(NN)C(=O)O. The van der Waals surface area contributed by atoms with Crippen LogP contribution in [0.3, 0.4) is 0 Å². The Labute approximate surface area is 105 Å². The number of para-hydroxylation sites is 1. The van der Waals surface area contributed by atoms with Gasteiger partial charge in [0.25, 0.3) is 0 Å². The lowest BCUT2D eigenvalue weighted by atomic mass is 9.78. The van der Waals surface area contributed by atoms with Crippen LogP contribution in [-0.4, -0.2) is 26.8 Å². The normalized spacial score (nSPS) is 15.9. The number of hydrazine groups is 1. The number of nitrogens with one attached hydrogen (secondary N) is 1. The van der Waals surface area contributed by atoms with Crippen molar-refractivity contribution < 1.29 is 20.1 Å². The zero-order valence-electron chi connectivity index (χ0n) is 10.3. The Morgan fingerprint density at radius 3 is 2.56 bits per heavy atom. The Kier molecular flexibility index (Phi) is 4.15. The van der Waals surface area contributed by atoms with Crippen molar-refractivity contribution >= 4 is 5.97 Å². The summed E-state index contributed by atoms with van der Waals surface area (Å²) in [6.45, 7) is 3.22. The molecule has 0 saturated carbocycles. The van der Waals surface area contributed by atoms with E-state index in [1.165, 1.54) is 13.0 Å². The van der Waals surface area contributed by atoms with Gasteiger partial charge in [-0.25, -0.2) is 5.43 Å². The average Bonchev–Trinajstić information content (AvgIpc) is 2.34. The van der Waals surface area contributed by atoms with Crippen molar-refractivity contribution in [1.29, 1.82) is 0 Å². The molecule has 6 nitrogen and oxygen atoms in total. The van der Waals surface area contributed by atoms with Gasteiger partial charge < -0.3 is 15.3 Å². The number of carboxylic acids is 1. The lowest BCUT2D eigenvalue weighted by Gasteiger charge is -2.33. The molecule has 0 aliphatic carbocycles. The summed E-state index contributed by atoms with van der Waals surface area (Å²) in [4.78, 5) is 11.3. The Morgan fingerprint density at radius 1 is 1.50 bits per heavy atom. The second-order valence-electron chi connectivity index (χ2n) is 4.33. The first-order valence-electron chi connectivity index (χ1n) is 5.60. The summed E-state index contributed by atoms with van der Waals surface area (Å²) in [5.41, 5.74) is 1.20. The van der Waals surface area contributed by atoms with Gasteiger partial charge in [-0.2, -0.15) is 0 Å². The second-order valence-corrected chi connectivity index (χ2v) is 4.33. The summed E-state index contributed by atoms with van der Waals surface area (Å²) in [6.07, 6.45) is 0.435. The van der Waals surface area contributed by atoms with E-state index in [9.17, 15) is 20.1 Å². The lowest BCUT2D eigenvalue weighted by molar-refractivity contribution is -0.145. The minimum Gasteiger partial charge on any atom is -0.504 e. The van der Waals surface area contributed by atoms with Crippen molar-refractivity contribution in [3.8, 4) is 11.5 Å². The summed E-state index contributed by atoms with van der Waals surface area (Å²) in [7, 11) is 0. The van der Waals surface area contributed by atoms with Crippen LogP contribution in [0.1, 0.15) is 31.7 Å². The number of hydrogen-bond acceptors (Lipinski definition) is 5. The van der Waals surface area contributed by atoms with Crippen molar-refractivity contribution in [3.63, 3.8) is 0 Å². The number of aromatic hydroxyl groups is 2. The van der Waals surface area contributed by atoms with E-state index >= 15 is 0 Å². The molecule has 0 heterocycles. The molecular formula is C12H18N2O4. The highest BCUT2D eigenvalue weighted by atomic mass is 16.4. The Balaban J connectivity index is 3.33. The predicted molar refractivity (Wildman–Crippen MR) is 66.2 cm³/mol. The van der Waals surface area contributed by atoms with Crippen molar-refractivity contribution in [2.24, 2.45) is 5.84 Å². The molecule has 1 aromatic rings. The van der Waals surface area contributed by atoms with Gasteiger partial charge in [-0.15, -0.1) is 0 Å². The molecule has 100 valence electrons. The van der Waals surface area contributed by atoms with Gasteiger partial charge >= 0.3 is 5.97 Å². The third-order valence-corrected chi connectivity index (χ3v) is 3.27. The molecule has 6 heteroatoms. The molecule has 0 aromatic heterocycles. The van der Waals surface area contributed by atoms with E-state index in [2.05, 4.69) is 5.43 Å². The quantitative estimate of drug-likeness (QED) is 0.303. The zero-order chi connectivity index (χ0) is 13.9. The number of nitrogens with two attached hydrogens (primary N) is 1. The maximum Gasteiger partial charge on any atom is 0.325 e. The van der Waals surface area contributed by atoms with Gasteiger partial charge in [0.2, 0.25) is 0 Å². The Bertz CT molecular complexity index is 450. The lowest BCUT2D eigenvalue weighted by Crippen LogP contribution is -2.57. The fourth-order valence-electron chi connectivity index (χ4n) is 2.08. The molecule has 2 unspecified atom stereocenters. The van der Waals surface area contributed by atoms with E-state index in [-0.39, 0.29) is 11.5 Å². The van der Waals surface area contributed by atoms with E-state index in [0.717, 1.165) is 0 Å². The molecule has 2 atom stereocenters. The summed E-state index contributed by atoms with van der Waals surface area (Å²) in [6, 6.07) is 4.45. The number of benzene rings is 1. The van der Waals surface area contributed by atoms with Gasteiger partial charge in [-0.1, -0.05) is 19.1 Å². The molecule has 1 rings (SSSR count). The van der Waals surface area contributed by atoms with E-state index in [4.69, 9.17) is 5.84 Å². The molecule has 0 spiro atoms. The highest BCUT2D eigenvalue weighted by Crippen LogP contribution is 2.40. The molecule has 0 bridgehead atoms. The molecule has 1 aromatic carbocycles. The van der Waals surface area contributed by atoms with Crippen LogP contribution in [0.15, 0.2) is 18.2 Å². The maximum absolute atomic E-state index is 11.3. The molecule has 0 saturated heterocycles. The minimum atomic E-state index is -1.43. The van der Waals surface area contributed by atoms with Gasteiger partial charge in [-0.05, 0) is 19.4 Å². The van der Waals surface area contributed by atoms with Gasteiger partial charge in [0.15, 0.2) is 11.5 Å². The number of carboxylic acid groups (broad SMARTS) is 1. The molecule has 0 aliphatic rings. The fraction of sp³-hybridized carbons (Fsp3) is 0.417. The van der Waals surface area contributed by atoms with Crippen molar-refractivity contribution in [3.05, 3.63) is 23.8 Å². The fourth-order valence-corrected chi connectivity index (χ4v) is 2.08. The summed E-state index contributed by atoms with van der Waals surface area (Å²) < 4.78 is 0. The largest absolute Gasteiger partial charge is 0.504 e. The number of carbonyl (C=O) groups is 1. The predicted octanol–water partition coefficient (Wildman–Crippen LogP) is 0.898. The van der Waals surface area contributed by atoms with Gasteiger partial charge in [0, 0.05) is 11.5 Å². The number of aliphatic carboxylic acids is 1. The molecule has 6 N–H and O–H groups in total. The molecule has 0 radical (unpaired) electrons. The smallest absolute Gasteiger partial charge is 0.325 e. The molecule has 0 amide bonds. The first-order chi connectivity index (χ1) is 8.38. The van der Waals surface area contributed by atoms with Crippen LogP contribution in [-0.2, 0) is 4.79 Å². The van der Waals surface area contributed by atoms with Crippen molar-refractivity contribution in [2.75, 3.05) is 0 Å². The summed E-state index contributed by atoms with van der Waals surface area (Å²) in [5, 5.41) is 28.6. The van der Waals surface area contributed by atoms with E-state index < -0.39 is 17.4 Å². The van der Waals surface area contributed by atoms with Crippen LogP contribution in [0.2, 0.25) is 0 Å². The third-order valence-electron chi connectivity index (χ3n) is 3.27. The van der Waals surface area contributed by atoms with Crippen molar-refractivity contribution in [2.45, 2.75) is 31.7 Å². The zero-order valence-corrected chi connectivity index (χ0v) is 10.3. The topological polar surface area (TPSA) is 116 Å². The first kappa shape index (κ1) is 14.3. The van der Waals surface area contributed by atoms with E-state index in [0.29, 0.717) is 12.0 Å². The highest BCUT2D eigenvalue weighted by Gasteiger charge is 2.41. The van der Waals surface area contributed by atoms with Crippen LogP contribution in [0.4, 0.5) is 0 Å². The van der Waals surface area contributed by atoms with Gasteiger partial charge in [0.1, 0.15) is 5.54 Å². The van der Waals surface area contributed by atoms with Crippen molar-refractivity contribution in [1.82, 2.24) is 5.43 Å². The average molecular weight is 254 g/mol. The van der Waals surface area contributed by atoms with E-state index in [1.807, 2.05) is 0 Å². The molecule has 18 heavy (non-hydrogen) atoms. The third kappa shape index (κ3) is 2.25. The van der Waals surface area contributed by atoms with Gasteiger partial charge in [0.05, 0.1) is 0 Å². The Morgan fingerprint density at radius 2 is 2.11 bits per heavy atom. The van der Waals surface area contributed by atoms with Crippen LogP contribution < -0.4 is 11.3 Å². The monoisotopic (exact) mass is 254 g/mol. The minimum absolute atomic E-state index is 0.282. The number of rotatable bonds is 5. The molecule has 0 fully saturated rings. The summed E-state index contributed by atoms with van der Waals surface area (Å²) >= 11 is 0. The molecular weight excluding hydrogens is 236 g/mol. The maximum atomic E-state index is 11.3. The van der Waals surface area contributed by atoms with Crippen LogP contribution in [0.25, 0.3) is 0 Å². The summed E-state index contributed by atoms with van der Waals surface area (Å²) in [5.74, 6) is 3.04. The van der Waals surface area contributed by atoms with Gasteiger partial charge in [-0.3, -0.25) is 10.6 Å². The van der Waals surface area contributed by atoms with Crippen LogP contribution in [0, 0.1) is 0 Å². The standard InChI is InChI=1S/C12H18N2O4/c1-3-8(12(2,14-13)11(17)18)7-5-4-6-9(15)10(7)16/h4-6,8,14-16H,3,13H2,1-2H3,(H,17,18). The highest BCUT2D eigenvalue weighted by molar-refractivity contribution is 5.80. The number of phenolic OH excluding ortho intramolecular Hbond substituents is 2. The van der Waals surface area contributed by atoms with E-state index in [1.54, 1.807) is 19.1 Å². The second kappa shape index (κ2) is 5.24. The Hall–Kier alpha value is -1.79.